The summed E-state index contributed by atoms with van der Waals surface area (Å²) in [7, 11) is 0. The van der Waals surface area contributed by atoms with Gasteiger partial charge in [-0.1, -0.05) is 20.8 Å². The number of rotatable bonds is 6. The van der Waals surface area contributed by atoms with Gasteiger partial charge in [-0.25, -0.2) is 0 Å². The van der Waals surface area contributed by atoms with Gasteiger partial charge in [0, 0.05) is 19.6 Å². The fourth-order valence-corrected chi connectivity index (χ4v) is 0.744. The zero-order valence-corrected chi connectivity index (χ0v) is 10.2. The van der Waals surface area contributed by atoms with Crippen LogP contribution < -0.4 is 5.32 Å². The summed E-state index contributed by atoms with van der Waals surface area (Å²) in [5, 5.41) is 2.79. The molecule has 0 unspecified atom stereocenters. The van der Waals surface area contributed by atoms with E-state index in [0.29, 0.717) is 6.42 Å². The Balaban J connectivity index is 0. The largest absolute Gasteiger partial charge is 0.379 e. The second-order valence-corrected chi connectivity index (χ2v) is 2.98. The lowest BCUT2D eigenvalue weighted by molar-refractivity contribution is -0.120. The maximum atomic E-state index is 10.8. The zero-order chi connectivity index (χ0) is 11.4. The lowest BCUT2D eigenvalue weighted by atomic mass is 10.4. The standard InChI is InChI=1S/C9H19NO2.C2H6/c1-4-9(11)10-6-5-7-12-8(2)3;1-2/h8H,4-7H2,1-3H3,(H,10,11);1-2H3. The minimum absolute atomic E-state index is 0.111. The van der Waals surface area contributed by atoms with E-state index in [1.54, 1.807) is 0 Å². The minimum atomic E-state index is 0.111. The summed E-state index contributed by atoms with van der Waals surface area (Å²) < 4.78 is 5.31. The van der Waals surface area contributed by atoms with Crippen molar-refractivity contribution >= 4 is 5.91 Å². The molecule has 0 fully saturated rings. The van der Waals surface area contributed by atoms with Crippen molar-refractivity contribution in [1.29, 1.82) is 0 Å². The lowest BCUT2D eigenvalue weighted by Gasteiger charge is -2.07. The molecule has 0 radical (unpaired) electrons. The maximum absolute atomic E-state index is 10.8. The third-order valence-electron chi connectivity index (χ3n) is 1.42. The number of carbonyl (C=O) groups is 1. The third kappa shape index (κ3) is 14.0. The maximum Gasteiger partial charge on any atom is 0.219 e. The van der Waals surface area contributed by atoms with Gasteiger partial charge in [0.05, 0.1) is 6.10 Å². The first-order valence-electron chi connectivity index (χ1n) is 5.55. The van der Waals surface area contributed by atoms with E-state index in [1.807, 2.05) is 34.6 Å². The average molecular weight is 203 g/mol. The first kappa shape index (κ1) is 15.9. The van der Waals surface area contributed by atoms with Gasteiger partial charge in [-0.05, 0) is 20.3 Å². The highest BCUT2D eigenvalue weighted by atomic mass is 16.5. The van der Waals surface area contributed by atoms with Crippen molar-refractivity contribution in [2.45, 2.75) is 53.6 Å². The van der Waals surface area contributed by atoms with Crippen LogP contribution in [0.5, 0.6) is 0 Å². The Bertz CT molecular complexity index is 124. The molecule has 3 heteroatoms. The van der Waals surface area contributed by atoms with Gasteiger partial charge in [0.2, 0.25) is 5.91 Å². The van der Waals surface area contributed by atoms with Gasteiger partial charge in [-0.15, -0.1) is 0 Å². The predicted molar refractivity (Wildman–Crippen MR) is 60.4 cm³/mol. The third-order valence-corrected chi connectivity index (χ3v) is 1.42. The summed E-state index contributed by atoms with van der Waals surface area (Å²) in [6, 6.07) is 0. The van der Waals surface area contributed by atoms with Crippen LogP contribution in [0, 0.1) is 0 Å². The van der Waals surface area contributed by atoms with Crippen LogP contribution in [-0.4, -0.2) is 25.2 Å². The van der Waals surface area contributed by atoms with Crippen LogP contribution >= 0.6 is 0 Å². The number of ether oxygens (including phenoxy) is 1. The van der Waals surface area contributed by atoms with E-state index in [4.69, 9.17) is 4.74 Å². The molecule has 0 saturated heterocycles. The van der Waals surface area contributed by atoms with Crippen LogP contribution in [0.3, 0.4) is 0 Å². The van der Waals surface area contributed by atoms with Gasteiger partial charge < -0.3 is 10.1 Å². The van der Waals surface area contributed by atoms with Crippen molar-refractivity contribution in [1.82, 2.24) is 5.32 Å². The van der Waals surface area contributed by atoms with Crippen molar-refractivity contribution in [2.24, 2.45) is 0 Å². The molecule has 0 aliphatic carbocycles. The fraction of sp³-hybridized carbons (Fsp3) is 0.909. The molecule has 86 valence electrons. The average Bonchev–Trinajstić information content (AvgIpc) is 2.19. The van der Waals surface area contributed by atoms with Crippen molar-refractivity contribution < 1.29 is 9.53 Å². The molecule has 3 nitrogen and oxygen atoms in total. The number of hydrogen-bond acceptors (Lipinski definition) is 2. The topological polar surface area (TPSA) is 38.3 Å². The molecule has 1 amide bonds. The van der Waals surface area contributed by atoms with E-state index < -0.39 is 0 Å². The van der Waals surface area contributed by atoms with Crippen LogP contribution in [0.1, 0.15) is 47.5 Å². The van der Waals surface area contributed by atoms with Gasteiger partial charge in [0.25, 0.3) is 0 Å². The molecule has 14 heavy (non-hydrogen) atoms. The van der Waals surface area contributed by atoms with Crippen molar-refractivity contribution in [3.63, 3.8) is 0 Å². The molecule has 0 aromatic carbocycles. The van der Waals surface area contributed by atoms with Crippen LogP contribution in [0.15, 0.2) is 0 Å². The molecule has 0 aromatic heterocycles. The summed E-state index contributed by atoms with van der Waals surface area (Å²) in [6.45, 7) is 11.3. The Morgan fingerprint density at radius 1 is 1.36 bits per heavy atom. The summed E-state index contributed by atoms with van der Waals surface area (Å²) in [5.74, 6) is 0.111. The summed E-state index contributed by atoms with van der Waals surface area (Å²) in [5.41, 5.74) is 0. The molecule has 0 aliphatic rings. The number of hydrogen-bond donors (Lipinski definition) is 1. The molecular formula is C11H25NO2. The van der Waals surface area contributed by atoms with Crippen LogP contribution in [0.2, 0.25) is 0 Å². The Hall–Kier alpha value is -0.570. The van der Waals surface area contributed by atoms with E-state index in [-0.39, 0.29) is 12.0 Å². The smallest absolute Gasteiger partial charge is 0.219 e. The zero-order valence-electron chi connectivity index (χ0n) is 10.2. The Morgan fingerprint density at radius 2 is 1.93 bits per heavy atom. The molecule has 0 aromatic rings. The monoisotopic (exact) mass is 203 g/mol. The Labute approximate surface area is 88.2 Å². The Morgan fingerprint density at radius 3 is 2.36 bits per heavy atom. The SMILES string of the molecule is CC.CCC(=O)NCCCOC(C)C. The lowest BCUT2D eigenvalue weighted by Crippen LogP contribution is -2.24. The van der Waals surface area contributed by atoms with E-state index in [1.165, 1.54) is 0 Å². The highest BCUT2D eigenvalue weighted by Gasteiger charge is 1.95. The van der Waals surface area contributed by atoms with Crippen molar-refractivity contribution in [3.05, 3.63) is 0 Å². The second kappa shape index (κ2) is 12.4. The molecule has 0 rings (SSSR count). The van der Waals surface area contributed by atoms with E-state index in [9.17, 15) is 4.79 Å². The van der Waals surface area contributed by atoms with Crippen molar-refractivity contribution in [2.75, 3.05) is 13.2 Å². The molecule has 1 N–H and O–H groups in total. The Kier molecular flexibility index (Phi) is 14.1. The second-order valence-electron chi connectivity index (χ2n) is 2.98. The van der Waals surface area contributed by atoms with Crippen molar-refractivity contribution in [3.8, 4) is 0 Å². The van der Waals surface area contributed by atoms with Crippen LogP contribution in [-0.2, 0) is 9.53 Å². The normalized spacial score (nSPS) is 9.29. The van der Waals surface area contributed by atoms with Crippen LogP contribution in [0.4, 0.5) is 0 Å². The van der Waals surface area contributed by atoms with E-state index in [0.717, 1.165) is 19.6 Å². The number of amides is 1. The van der Waals surface area contributed by atoms with Crippen LogP contribution in [0.25, 0.3) is 0 Å². The molecule has 0 heterocycles. The molecule has 0 bridgehead atoms. The molecule has 0 saturated carbocycles. The summed E-state index contributed by atoms with van der Waals surface area (Å²) >= 11 is 0. The minimum Gasteiger partial charge on any atom is -0.379 e. The number of nitrogens with one attached hydrogen (secondary N) is 1. The molecule has 0 aliphatic heterocycles. The van der Waals surface area contributed by atoms with E-state index in [2.05, 4.69) is 5.32 Å². The first-order chi connectivity index (χ1) is 6.66. The first-order valence-corrected chi connectivity index (χ1v) is 5.55. The van der Waals surface area contributed by atoms with Gasteiger partial charge in [-0.3, -0.25) is 4.79 Å². The van der Waals surface area contributed by atoms with E-state index >= 15 is 0 Å². The predicted octanol–water partition coefficient (Wildman–Crippen LogP) is 2.35. The van der Waals surface area contributed by atoms with Gasteiger partial charge in [-0.2, -0.15) is 0 Å². The molecule has 0 atom stereocenters. The highest BCUT2D eigenvalue weighted by molar-refractivity contribution is 5.75. The fourth-order valence-electron chi connectivity index (χ4n) is 0.744. The highest BCUT2D eigenvalue weighted by Crippen LogP contribution is 1.89. The quantitative estimate of drug-likeness (QED) is 0.673. The molecular weight excluding hydrogens is 178 g/mol. The molecule has 0 spiro atoms. The van der Waals surface area contributed by atoms with Gasteiger partial charge >= 0.3 is 0 Å². The van der Waals surface area contributed by atoms with Gasteiger partial charge in [0.15, 0.2) is 0 Å². The number of carbonyl (C=O) groups excluding carboxylic acids is 1. The van der Waals surface area contributed by atoms with Gasteiger partial charge in [0.1, 0.15) is 0 Å². The summed E-state index contributed by atoms with van der Waals surface area (Å²) in [6.07, 6.45) is 1.74. The summed E-state index contributed by atoms with van der Waals surface area (Å²) in [4.78, 5) is 10.8.